The topological polar surface area (TPSA) is 57.5 Å². The molecular weight excluding hydrogens is 260 g/mol. The molecule has 0 saturated carbocycles. The molecule has 1 heterocycles. The first-order valence-corrected chi connectivity index (χ1v) is 6.66. The van der Waals surface area contributed by atoms with E-state index in [0.717, 1.165) is 21.2 Å². The van der Waals surface area contributed by atoms with E-state index in [1.165, 1.54) is 23.5 Å². The third kappa shape index (κ3) is 1.19. The van der Waals surface area contributed by atoms with E-state index in [-0.39, 0.29) is 22.8 Å². The van der Waals surface area contributed by atoms with Crippen LogP contribution in [0.15, 0.2) is 35.7 Å². The second kappa shape index (κ2) is 3.36. The summed E-state index contributed by atoms with van der Waals surface area (Å²) in [6.07, 6.45) is 0. The molecule has 0 fully saturated rings. The van der Waals surface area contributed by atoms with Gasteiger partial charge in [0, 0.05) is 15.6 Å². The van der Waals surface area contributed by atoms with Gasteiger partial charge in [0.15, 0.2) is 0 Å². The van der Waals surface area contributed by atoms with Crippen LogP contribution in [-0.4, -0.2) is 16.0 Å². The van der Waals surface area contributed by atoms with Crippen LogP contribution in [0.5, 0.6) is 11.5 Å². The lowest BCUT2D eigenvalue weighted by atomic mass is 9.85. The van der Waals surface area contributed by atoms with E-state index >= 15 is 0 Å². The lowest BCUT2D eigenvalue weighted by molar-refractivity contribution is 0.103. The van der Waals surface area contributed by atoms with Crippen LogP contribution >= 0.6 is 11.3 Å². The maximum Gasteiger partial charge on any atom is 0.201 e. The fourth-order valence-corrected chi connectivity index (χ4v) is 3.64. The van der Waals surface area contributed by atoms with Gasteiger partial charge in [0.25, 0.3) is 0 Å². The summed E-state index contributed by atoms with van der Waals surface area (Å²) in [6, 6.07) is 8.37. The lowest BCUT2D eigenvalue weighted by Crippen LogP contribution is -2.09. The van der Waals surface area contributed by atoms with Gasteiger partial charge in [0.1, 0.15) is 11.5 Å². The van der Waals surface area contributed by atoms with Crippen molar-refractivity contribution in [2.24, 2.45) is 0 Å². The van der Waals surface area contributed by atoms with E-state index in [4.69, 9.17) is 0 Å². The molecule has 3 aromatic rings. The summed E-state index contributed by atoms with van der Waals surface area (Å²) in [6.45, 7) is 0. The third-order valence-corrected chi connectivity index (χ3v) is 4.45. The van der Waals surface area contributed by atoms with Crippen LogP contribution in [0.1, 0.15) is 15.9 Å². The van der Waals surface area contributed by atoms with Gasteiger partial charge in [-0.05, 0) is 29.1 Å². The van der Waals surface area contributed by atoms with Gasteiger partial charge in [0.2, 0.25) is 5.78 Å². The zero-order valence-electron chi connectivity index (χ0n) is 9.68. The molecule has 4 heteroatoms. The molecule has 0 unspecified atom stereocenters. The van der Waals surface area contributed by atoms with Crippen LogP contribution in [0.2, 0.25) is 0 Å². The number of phenols is 2. The van der Waals surface area contributed by atoms with Crippen molar-refractivity contribution in [1.82, 2.24) is 0 Å². The number of ketones is 1. The smallest absolute Gasteiger partial charge is 0.201 e. The van der Waals surface area contributed by atoms with E-state index in [0.29, 0.717) is 5.56 Å². The highest BCUT2D eigenvalue weighted by molar-refractivity contribution is 7.17. The average Bonchev–Trinajstić information content (AvgIpc) is 2.81. The van der Waals surface area contributed by atoms with Crippen molar-refractivity contribution in [2.45, 2.75) is 0 Å². The van der Waals surface area contributed by atoms with Gasteiger partial charge < -0.3 is 10.2 Å². The number of hydrogen-bond acceptors (Lipinski definition) is 4. The van der Waals surface area contributed by atoms with Crippen LogP contribution in [0.3, 0.4) is 0 Å². The summed E-state index contributed by atoms with van der Waals surface area (Å²) >= 11 is 1.53. The molecule has 0 spiro atoms. The molecule has 4 rings (SSSR count). The molecule has 1 aromatic heterocycles. The van der Waals surface area contributed by atoms with Gasteiger partial charge in [-0.1, -0.05) is 12.1 Å². The number of thiophene rings is 1. The fourth-order valence-electron chi connectivity index (χ4n) is 2.68. The molecule has 19 heavy (non-hydrogen) atoms. The minimum atomic E-state index is -0.317. The summed E-state index contributed by atoms with van der Waals surface area (Å²) in [5.41, 5.74) is 2.20. The molecule has 92 valence electrons. The number of carbonyl (C=O) groups is 1. The molecule has 2 aromatic carbocycles. The highest BCUT2D eigenvalue weighted by Gasteiger charge is 2.30. The molecule has 0 atom stereocenters. The van der Waals surface area contributed by atoms with Crippen molar-refractivity contribution >= 4 is 27.2 Å². The number of phenolic OH excluding ortho intramolecular Hbond substituents is 2. The quantitative estimate of drug-likeness (QED) is 0.513. The molecule has 1 aliphatic carbocycles. The summed E-state index contributed by atoms with van der Waals surface area (Å²) in [5, 5.41) is 22.7. The van der Waals surface area contributed by atoms with E-state index in [1.54, 1.807) is 6.07 Å². The van der Waals surface area contributed by atoms with Crippen LogP contribution in [-0.2, 0) is 0 Å². The van der Waals surface area contributed by atoms with Crippen molar-refractivity contribution in [2.75, 3.05) is 0 Å². The fraction of sp³-hybridized carbons (Fsp3) is 0. The van der Waals surface area contributed by atoms with Crippen LogP contribution < -0.4 is 0 Å². The van der Waals surface area contributed by atoms with Gasteiger partial charge in [-0.2, -0.15) is 0 Å². The van der Waals surface area contributed by atoms with E-state index in [2.05, 4.69) is 0 Å². The zero-order chi connectivity index (χ0) is 13.1. The predicted octanol–water partition coefficient (Wildman–Crippen LogP) is 3.52. The largest absolute Gasteiger partial charge is 0.507 e. The first-order chi connectivity index (χ1) is 9.18. The highest BCUT2D eigenvalue weighted by atomic mass is 32.1. The number of benzene rings is 2. The SMILES string of the molecule is O=C1c2c(O)cccc2-c2csc3ccc(O)c1c23. The minimum Gasteiger partial charge on any atom is -0.507 e. The summed E-state index contributed by atoms with van der Waals surface area (Å²) in [4.78, 5) is 12.5. The Balaban J connectivity index is 2.28. The number of hydrogen-bond donors (Lipinski definition) is 2. The monoisotopic (exact) mass is 268 g/mol. The van der Waals surface area contributed by atoms with Crippen molar-refractivity contribution in [3.63, 3.8) is 0 Å². The molecular formula is C15H8O3S. The summed E-state index contributed by atoms with van der Waals surface area (Å²) in [5.74, 6) is -0.399. The van der Waals surface area contributed by atoms with Crippen molar-refractivity contribution in [1.29, 1.82) is 0 Å². The zero-order valence-corrected chi connectivity index (χ0v) is 10.5. The van der Waals surface area contributed by atoms with Gasteiger partial charge in [-0.15, -0.1) is 11.3 Å². The Hall–Kier alpha value is -2.33. The summed E-state index contributed by atoms with van der Waals surface area (Å²) < 4.78 is 0.963. The lowest BCUT2D eigenvalue weighted by Gasteiger charge is -2.17. The van der Waals surface area contributed by atoms with Crippen molar-refractivity contribution < 1.29 is 15.0 Å². The van der Waals surface area contributed by atoms with E-state index < -0.39 is 0 Å². The molecule has 0 radical (unpaired) electrons. The van der Waals surface area contributed by atoms with Crippen molar-refractivity contribution in [3.8, 4) is 22.6 Å². The number of carbonyl (C=O) groups excluding carboxylic acids is 1. The Labute approximate surface area is 112 Å². The summed E-state index contributed by atoms with van der Waals surface area (Å²) in [7, 11) is 0. The maximum absolute atomic E-state index is 12.5. The Bertz CT molecular complexity index is 861. The third-order valence-electron chi connectivity index (χ3n) is 3.50. The molecule has 0 amide bonds. The first-order valence-electron chi connectivity index (χ1n) is 5.78. The van der Waals surface area contributed by atoms with Gasteiger partial charge in [-0.3, -0.25) is 4.79 Å². The molecule has 0 bridgehead atoms. The van der Waals surface area contributed by atoms with Crippen LogP contribution in [0.25, 0.3) is 21.2 Å². The van der Waals surface area contributed by atoms with E-state index in [1.807, 2.05) is 17.5 Å². The Morgan fingerprint density at radius 2 is 1.68 bits per heavy atom. The van der Waals surface area contributed by atoms with Crippen LogP contribution in [0, 0.1) is 0 Å². The predicted molar refractivity (Wildman–Crippen MR) is 74.0 cm³/mol. The van der Waals surface area contributed by atoms with Crippen molar-refractivity contribution in [3.05, 3.63) is 46.8 Å². The Morgan fingerprint density at radius 3 is 2.53 bits per heavy atom. The number of fused-ring (bicyclic) bond motifs is 2. The molecule has 3 nitrogen and oxygen atoms in total. The molecule has 2 N–H and O–H groups in total. The Morgan fingerprint density at radius 1 is 0.895 bits per heavy atom. The number of aromatic hydroxyl groups is 2. The second-order valence-electron chi connectivity index (χ2n) is 4.51. The Kier molecular flexibility index (Phi) is 1.87. The second-order valence-corrected chi connectivity index (χ2v) is 5.42. The molecule has 1 aliphatic rings. The first kappa shape index (κ1) is 10.6. The highest BCUT2D eigenvalue weighted by Crippen LogP contribution is 2.47. The normalized spacial score (nSPS) is 12.7. The van der Waals surface area contributed by atoms with Gasteiger partial charge >= 0.3 is 0 Å². The molecule has 0 aliphatic heterocycles. The minimum absolute atomic E-state index is 0.0361. The number of rotatable bonds is 0. The van der Waals surface area contributed by atoms with Gasteiger partial charge in [0.05, 0.1) is 11.1 Å². The van der Waals surface area contributed by atoms with Gasteiger partial charge in [-0.25, -0.2) is 0 Å². The van der Waals surface area contributed by atoms with E-state index in [9.17, 15) is 15.0 Å². The maximum atomic E-state index is 12.5. The standard InChI is InChI=1S/C15H8O3S/c16-9-3-1-2-7-8-6-19-11-5-4-10(17)14(13(8)11)15(18)12(7)9/h1-6,16-17H. The van der Waals surface area contributed by atoms with Crippen LogP contribution in [0.4, 0.5) is 0 Å². The average molecular weight is 268 g/mol. The molecule has 0 saturated heterocycles.